The Morgan fingerprint density at radius 2 is 2.05 bits per heavy atom. The third-order valence-corrected chi connectivity index (χ3v) is 4.67. The quantitative estimate of drug-likeness (QED) is 0.850. The molecule has 0 amide bonds. The Bertz CT molecular complexity index is 355. The fraction of sp³-hybridized carbons (Fsp3) is 0.765. The highest BCUT2D eigenvalue weighted by atomic mass is 16.3. The van der Waals surface area contributed by atoms with Crippen LogP contribution in [0, 0.1) is 17.8 Å². The highest BCUT2D eigenvalue weighted by Crippen LogP contribution is 2.43. The Kier molecular flexibility index (Phi) is 5.09. The summed E-state index contributed by atoms with van der Waals surface area (Å²) in [6.07, 6.45) is 5.81. The van der Waals surface area contributed by atoms with Gasteiger partial charge in [0.1, 0.15) is 5.76 Å². The van der Waals surface area contributed by atoms with Crippen LogP contribution >= 0.6 is 0 Å². The average Bonchev–Trinajstić information content (AvgIpc) is 2.89. The van der Waals surface area contributed by atoms with Crippen LogP contribution in [0.5, 0.6) is 0 Å². The highest BCUT2D eigenvalue weighted by Gasteiger charge is 2.34. The molecule has 108 valence electrons. The van der Waals surface area contributed by atoms with Crippen LogP contribution in [0.2, 0.25) is 0 Å². The molecule has 1 saturated carbocycles. The Balaban J connectivity index is 2.05. The van der Waals surface area contributed by atoms with Crippen LogP contribution in [-0.4, -0.2) is 12.6 Å². The Morgan fingerprint density at radius 3 is 2.63 bits per heavy atom. The number of hydrogen-bond donors (Lipinski definition) is 1. The first-order valence-electron chi connectivity index (χ1n) is 7.84. The summed E-state index contributed by atoms with van der Waals surface area (Å²) in [7, 11) is 0. The van der Waals surface area contributed by atoms with Crippen LogP contribution in [0.1, 0.15) is 58.6 Å². The molecule has 2 nitrogen and oxygen atoms in total. The van der Waals surface area contributed by atoms with Crippen LogP contribution in [0.3, 0.4) is 0 Å². The second-order valence-corrected chi connectivity index (χ2v) is 6.76. The molecule has 0 spiro atoms. The van der Waals surface area contributed by atoms with Gasteiger partial charge >= 0.3 is 0 Å². The van der Waals surface area contributed by atoms with Gasteiger partial charge in [-0.25, -0.2) is 0 Å². The van der Waals surface area contributed by atoms with Gasteiger partial charge in [-0.3, -0.25) is 0 Å². The Hall–Kier alpha value is -0.760. The lowest BCUT2D eigenvalue weighted by Gasteiger charge is -2.37. The second-order valence-electron chi connectivity index (χ2n) is 6.76. The number of nitrogens with one attached hydrogen (secondary N) is 1. The largest absolute Gasteiger partial charge is 0.469 e. The van der Waals surface area contributed by atoms with Crippen LogP contribution in [-0.2, 0) is 0 Å². The van der Waals surface area contributed by atoms with Crippen LogP contribution in [0.15, 0.2) is 22.8 Å². The molecule has 19 heavy (non-hydrogen) atoms. The molecule has 1 heterocycles. The van der Waals surface area contributed by atoms with Gasteiger partial charge in [-0.05, 0) is 55.7 Å². The first-order chi connectivity index (χ1) is 9.08. The number of furan rings is 1. The molecular formula is C17H29NO. The maximum absolute atomic E-state index is 5.71. The summed E-state index contributed by atoms with van der Waals surface area (Å²) in [5, 5.41) is 3.61. The van der Waals surface area contributed by atoms with Crippen molar-refractivity contribution in [2.24, 2.45) is 17.8 Å². The molecule has 1 aromatic rings. The van der Waals surface area contributed by atoms with Crippen LogP contribution < -0.4 is 5.32 Å². The summed E-state index contributed by atoms with van der Waals surface area (Å²) >= 11 is 0. The van der Waals surface area contributed by atoms with Crippen molar-refractivity contribution in [1.29, 1.82) is 0 Å². The maximum Gasteiger partial charge on any atom is 0.107 e. The third kappa shape index (κ3) is 3.85. The maximum atomic E-state index is 5.71. The molecular weight excluding hydrogens is 234 g/mol. The van der Waals surface area contributed by atoms with Gasteiger partial charge in [0.2, 0.25) is 0 Å². The normalized spacial score (nSPS) is 28.2. The first kappa shape index (κ1) is 14.6. The highest BCUT2D eigenvalue weighted by molar-refractivity contribution is 5.09. The van der Waals surface area contributed by atoms with Crippen molar-refractivity contribution in [3.8, 4) is 0 Å². The van der Waals surface area contributed by atoms with Crippen molar-refractivity contribution >= 4 is 0 Å². The molecule has 0 bridgehead atoms. The molecule has 0 aromatic carbocycles. The van der Waals surface area contributed by atoms with Crippen LogP contribution in [0.4, 0.5) is 0 Å². The van der Waals surface area contributed by atoms with E-state index in [4.69, 9.17) is 4.42 Å². The van der Waals surface area contributed by atoms with Gasteiger partial charge in [0, 0.05) is 12.0 Å². The molecule has 3 atom stereocenters. The number of hydrogen-bond acceptors (Lipinski definition) is 2. The standard InChI is InChI=1S/C17H29NO/c1-12(2)14-7-8-15(11-18-13(3)4)16(10-14)17-6-5-9-19-17/h5-6,9,12-16,18H,7-8,10-11H2,1-4H3. The van der Waals surface area contributed by atoms with Crippen molar-refractivity contribution in [2.45, 2.75) is 58.9 Å². The zero-order chi connectivity index (χ0) is 13.8. The smallest absolute Gasteiger partial charge is 0.107 e. The summed E-state index contributed by atoms with van der Waals surface area (Å²) in [6.45, 7) is 10.3. The van der Waals surface area contributed by atoms with E-state index < -0.39 is 0 Å². The van der Waals surface area contributed by atoms with Crippen LogP contribution in [0.25, 0.3) is 0 Å². The zero-order valence-electron chi connectivity index (χ0n) is 12.9. The van der Waals surface area contributed by atoms with Gasteiger partial charge < -0.3 is 9.73 Å². The van der Waals surface area contributed by atoms with E-state index >= 15 is 0 Å². The molecule has 1 N–H and O–H groups in total. The van der Waals surface area contributed by atoms with Crippen molar-refractivity contribution in [2.75, 3.05) is 6.54 Å². The van der Waals surface area contributed by atoms with Crippen molar-refractivity contribution in [3.63, 3.8) is 0 Å². The van der Waals surface area contributed by atoms with Crippen molar-refractivity contribution < 1.29 is 4.42 Å². The second kappa shape index (κ2) is 6.60. The van der Waals surface area contributed by atoms with Gasteiger partial charge in [-0.15, -0.1) is 0 Å². The molecule has 2 rings (SSSR count). The van der Waals surface area contributed by atoms with E-state index in [0.29, 0.717) is 12.0 Å². The molecule has 0 saturated heterocycles. The van der Waals surface area contributed by atoms with Gasteiger partial charge in [0.15, 0.2) is 0 Å². The fourth-order valence-electron chi connectivity index (χ4n) is 3.35. The monoisotopic (exact) mass is 263 g/mol. The van der Waals surface area contributed by atoms with E-state index in [2.05, 4.69) is 39.1 Å². The summed E-state index contributed by atoms with van der Waals surface area (Å²) in [6, 6.07) is 4.76. The van der Waals surface area contributed by atoms with E-state index in [1.54, 1.807) is 0 Å². The third-order valence-electron chi connectivity index (χ3n) is 4.67. The summed E-state index contributed by atoms with van der Waals surface area (Å²) in [5.41, 5.74) is 0. The topological polar surface area (TPSA) is 25.2 Å². The lowest BCUT2D eigenvalue weighted by Crippen LogP contribution is -2.35. The molecule has 0 radical (unpaired) electrons. The summed E-state index contributed by atoms with van der Waals surface area (Å²) < 4.78 is 5.71. The van der Waals surface area contributed by atoms with E-state index in [1.165, 1.54) is 25.0 Å². The van der Waals surface area contributed by atoms with E-state index in [1.807, 2.05) is 12.3 Å². The minimum absolute atomic E-state index is 0.570. The van der Waals surface area contributed by atoms with E-state index in [-0.39, 0.29) is 0 Å². The summed E-state index contributed by atoms with van der Waals surface area (Å²) in [5.74, 6) is 4.16. The van der Waals surface area contributed by atoms with E-state index in [9.17, 15) is 0 Å². The Labute approximate surface area is 118 Å². The number of rotatable bonds is 5. The van der Waals surface area contributed by atoms with Crippen molar-refractivity contribution in [3.05, 3.63) is 24.2 Å². The van der Waals surface area contributed by atoms with Crippen molar-refractivity contribution in [1.82, 2.24) is 5.32 Å². The predicted octanol–water partition coefficient (Wildman–Crippen LogP) is 4.43. The first-order valence-corrected chi connectivity index (χ1v) is 7.84. The molecule has 0 aliphatic heterocycles. The van der Waals surface area contributed by atoms with E-state index in [0.717, 1.165) is 24.3 Å². The lowest BCUT2D eigenvalue weighted by atomic mass is 9.69. The summed E-state index contributed by atoms with van der Waals surface area (Å²) in [4.78, 5) is 0. The molecule has 2 heteroatoms. The van der Waals surface area contributed by atoms with Gasteiger partial charge in [0.05, 0.1) is 6.26 Å². The SMILES string of the molecule is CC(C)NCC1CCC(C(C)C)CC1c1ccco1. The fourth-order valence-corrected chi connectivity index (χ4v) is 3.35. The zero-order valence-corrected chi connectivity index (χ0v) is 12.9. The molecule has 1 aliphatic rings. The van der Waals surface area contributed by atoms with Gasteiger partial charge in [-0.2, -0.15) is 0 Å². The average molecular weight is 263 g/mol. The lowest BCUT2D eigenvalue weighted by molar-refractivity contribution is 0.173. The molecule has 1 aliphatic carbocycles. The van der Waals surface area contributed by atoms with Gasteiger partial charge in [0.25, 0.3) is 0 Å². The predicted molar refractivity (Wildman–Crippen MR) is 80.3 cm³/mol. The molecule has 1 fully saturated rings. The molecule has 3 unspecified atom stereocenters. The van der Waals surface area contributed by atoms with Gasteiger partial charge in [-0.1, -0.05) is 27.7 Å². The Morgan fingerprint density at radius 1 is 1.26 bits per heavy atom. The molecule has 1 aromatic heterocycles. The minimum atomic E-state index is 0.570. The minimum Gasteiger partial charge on any atom is -0.469 e.